The van der Waals surface area contributed by atoms with E-state index < -0.39 is 0 Å². The number of hydrogen-bond donors (Lipinski definition) is 2. The summed E-state index contributed by atoms with van der Waals surface area (Å²) in [6.07, 6.45) is 0. The van der Waals surface area contributed by atoms with Gasteiger partial charge in [0.2, 0.25) is 0 Å². The van der Waals surface area contributed by atoms with Gasteiger partial charge in [-0.05, 0) is 60.7 Å². The quantitative estimate of drug-likeness (QED) is 0.583. The second-order valence-corrected chi connectivity index (χ2v) is 6.39. The van der Waals surface area contributed by atoms with Gasteiger partial charge in [-0.1, -0.05) is 29.8 Å². The van der Waals surface area contributed by atoms with Crippen molar-refractivity contribution in [3.05, 3.63) is 95.0 Å². The Balaban J connectivity index is 1.45. The van der Waals surface area contributed by atoms with Crippen LogP contribution in [0, 0.1) is 0 Å². The lowest BCUT2D eigenvalue weighted by Gasteiger charge is -2.09. The van der Waals surface area contributed by atoms with E-state index in [1.54, 1.807) is 72.8 Å². The Morgan fingerprint density at radius 2 is 1.43 bits per heavy atom. The Bertz CT molecular complexity index is 926. The third-order valence-corrected chi connectivity index (χ3v) is 4.16. The van der Waals surface area contributed by atoms with Crippen molar-refractivity contribution in [2.75, 3.05) is 18.5 Å². The molecule has 0 saturated carbocycles. The van der Waals surface area contributed by atoms with E-state index in [0.29, 0.717) is 40.7 Å². The van der Waals surface area contributed by atoms with Crippen molar-refractivity contribution in [1.82, 2.24) is 5.32 Å². The number of carbonyl (C=O) groups is 2. The molecule has 28 heavy (non-hydrogen) atoms. The van der Waals surface area contributed by atoms with Crippen LogP contribution in [0.25, 0.3) is 0 Å². The van der Waals surface area contributed by atoms with Crippen molar-refractivity contribution in [3.8, 4) is 5.75 Å². The minimum Gasteiger partial charge on any atom is -0.492 e. The summed E-state index contributed by atoms with van der Waals surface area (Å²) in [5, 5.41) is 6.23. The van der Waals surface area contributed by atoms with Crippen molar-refractivity contribution in [1.29, 1.82) is 0 Å². The molecule has 0 aliphatic rings. The normalized spacial score (nSPS) is 10.2. The van der Waals surface area contributed by atoms with Crippen molar-refractivity contribution in [3.63, 3.8) is 0 Å². The molecule has 0 aromatic heterocycles. The van der Waals surface area contributed by atoms with Crippen LogP contribution in [-0.2, 0) is 0 Å². The van der Waals surface area contributed by atoms with Crippen LogP contribution in [0.1, 0.15) is 20.7 Å². The van der Waals surface area contributed by atoms with Crippen molar-refractivity contribution in [2.45, 2.75) is 0 Å². The number of amides is 2. The Morgan fingerprint density at radius 3 is 2.11 bits per heavy atom. The Kier molecular flexibility index (Phi) is 6.65. The number of halogens is 1. The number of anilines is 1. The van der Waals surface area contributed by atoms with Gasteiger partial charge in [-0.2, -0.15) is 0 Å². The van der Waals surface area contributed by atoms with E-state index in [4.69, 9.17) is 16.3 Å². The first-order valence-corrected chi connectivity index (χ1v) is 9.12. The highest BCUT2D eigenvalue weighted by Gasteiger charge is 2.08. The third-order valence-electron chi connectivity index (χ3n) is 3.91. The Labute approximate surface area is 168 Å². The molecule has 0 bridgehead atoms. The van der Waals surface area contributed by atoms with E-state index in [2.05, 4.69) is 10.6 Å². The van der Waals surface area contributed by atoms with Crippen LogP contribution in [0.3, 0.4) is 0 Å². The van der Waals surface area contributed by atoms with Gasteiger partial charge in [-0.25, -0.2) is 0 Å². The minimum absolute atomic E-state index is 0.197. The first-order chi connectivity index (χ1) is 13.6. The summed E-state index contributed by atoms with van der Waals surface area (Å²) in [5.74, 6) is 0.287. The fraction of sp³-hybridized carbons (Fsp3) is 0.0909. The predicted octanol–water partition coefficient (Wildman–Crippen LogP) is 4.40. The number of hydrogen-bond acceptors (Lipinski definition) is 3. The number of rotatable bonds is 7. The highest BCUT2D eigenvalue weighted by molar-refractivity contribution is 6.30. The molecule has 0 aliphatic carbocycles. The van der Waals surface area contributed by atoms with E-state index in [1.165, 1.54) is 0 Å². The Morgan fingerprint density at radius 1 is 0.786 bits per heavy atom. The molecule has 142 valence electrons. The average molecular weight is 395 g/mol. The summed E-state index contributed by atoms with van der Waals surface area (Å²) in [6, 6.07) is 22.7. The molecule has 2 N–H and O–H groups in total. The molecule has 6 heteroatoms. The van der Waals surface area contributed by atoms with Gasteiger partial charge < -0.3 is 15.4 Å². The zero-order valence-corrected chi connectivity index (χ0v) is 15.8. The molecule has 0 atom stereocenters. The monoisotopic (exact) mass is 394 g/mol. The fourth-order valence-electron chi connectivity index (χ4n) is 2.46. The maximum absolute atomic E-state index is 12.2. The summed E-state index contributed by atoms with van der Waals surface area (Å²) < 4.78 is 5.53. The molecule has 3 aromatic carbocycles. The molecule has 0 spiro atoms. The highest BCUT2D eigenvalue weighted by atomic mass is 35.5. The smallest absolute Gasteiger partial charge is 0.255 e. The van der Waals surface area contributed by atoms with Crippen LogP contribution in [0.4, 0.5) is 5.69 Å². The number of carbonyl (C=O) groups excluding carboxylic acids is 2. The first kappa shape index (κ1) is 19.5. The lowest BCUT2D eigenvalue weighted by Crippen LogP contribution is -2.28. The van der Waals surface area contributed by atoms with Crippen LogP contribution in [0.2, 0.25) is 5.02 Å². The summed E-state index contributed by atoms with van der Waals surface area (Å²) >= 11 is 5.82. The van der Waals surface area contributed by atoms with Gasteiger partial charge in [0.05, 0.1) is 6.54 Å². The molecule has 2 amide bonds. The summed E-state index contributed by atoms with van der Waals surface area (Å²) in [6.45, 7) is 0.715. The molecule has 0 aliphatic heterocycles. The van der Waals surface area contributed by atoms with Crippen LogP contribution in [-0.4, -0.2) is 25.0 Å². The lowest BCUT2D eigenvalue weighted by molar-refractivity contribution is 0.0946. The van der Waals surface area contributed by atoms with Crippen molar-refractivity contribution < 1.29 is 14.3 Å². The molecular weight excluding hydrogens is 376 g/mol. The standard InChI is InChI=1S/C22H19ClN2O3/c23-18-8-12-20(13-9-18)28-15-14-24-21(26)17-6-10-19(11-7-17)25-22(27)16-4-2-1-3-5-16/h1-13H,14-15H2,(H,24,26)(H,25,27). The zero-order chi connectivity index (χ0) is 19.8. The van der Waals surface area contributed by atoms with Gasteiger partial charge >= 0.3 is 0 Å². The van der Waals surface area contributed by atoms with Gasteiger partial charge in [0.1, 0.15) is 12.4 Å². The largest absolute Gasteiger partial charge is 0.492 e. The van der Waals surface area contributed by atoms with Gasteiger partial charge in [0.15, 0.2) is 0 Å². The van der Waals surface area contributed by atoms with Crippen LogP contribution < -0.4 is 15.4 Å². The molecule has 5 nitrogen and oxygen atoms in total. The SMILES string of the molecule is O=C(NCCOc1ccc(Cl)cc1)c1ccc(NC(=O)c2ccccc2)cc1. The fourth-order valence-corrected chi connectivity index (χ4v) is 2.59. The van der Waals surface area contributed by atoms with Gasteiger partial charge in [-0.3, -0.25) is 9.59 Å². The first-order valence-electron chi connectivity index (χ1n) is 8.75. The van der Waals surface area contributed by atoms with Gasteiger partial charge in [-0.15, -0.1) is 0 Å². The number of ether oxygens (including phenoxy) is 1. The van der Waals surface area contributed by atoms with E-state index in [0.717, 1.165) is 0 Å². The van der Waals surface area contributed by atoms with E-state index in [9.17, 15) is 9.59 Å². The molecule has 0 unspecified atom stereocenters. The zero-order valence-electron chi connectivity index (χ0n) is 15.0. The predicted molar refractivity (Wildman–Crippen MR) is 110 cm³/mol. The summed E-state index contributed by atoms with van der Waals surface area (Å²) in [4.78, 5) is 24.3. The topological polar surface area (TPSA) is 67.4 Å². The summed E-state index contributed by atoms with van der Waals surface area (Å²) in [5.41, 5.74) is 1.70. The minimum atomic E-state index is -0.208. The molecule has 0 saturated heterocycles. The van der Waals surface area contributed by atoms with E-state index in [-0.39, 0.29) is 11.8 Å². The molecule has 0 radical (unpaired) electrons. The van der Waals surface area contributed by atoms with Gasteiger partial charge in [0, 0.05) is 21.8 Å². The van der Waals surface area contributed by atoms with Gasteiger partial charge in [0.25, 0.3) is 11.8 Å². The van der Waals surface area contributed by atoms with E-state index in [1.807, 2.05) is 6.07 Å². The van der Waals surface area contributed by atoms with E-state index >= 15 is 0 Å². The molecule has 0 fully saturated rings. The Hall–Kier alpha value is -3.31. The summed E-state index contributed by atoms with van der Waals surface area (Å²) in [7, 11) is 0. The second kappa shape index (κ2) is 9.58. The lowest BCUT2D eigenvalue weighted by atomic mass is 10.1. The maximum Gasteiger partial charge on any atom is 0.255 e. The van der Waals surface area contributed by atoms with Crippen LogP contribution in [0.15, 0.2) is 78.9 Å². The highest BCUT2D eigenvalue weighted by Crippen LogP contribution is 2.15. The van der Waals surface area contributed by atoms with Crippen LogP contribution in [0.5, 0.6) is 5.75 Å². The molecule has 3 aromatic rings. The second-order valence-electron chi connectivity index (χ2n) is 5.96. The van der Waals surface area contributed by atoms with Crippen molar-refractivity contribution >= 4 is 29.1 Å². The molecule has 0 heterocycles. The molecular formula is C22H19ClN2O3. The van der Waals surface area contributed by atoms with Crippen LogP contribution >= 0.6 is 11.6 Å². The average Bonchev–Trinajstić information content (AvgIpc) is 2.73. The van der Waals surface area contributed by atoms with Crippen molar-refractivity contribution in [2.24, 2.45) is 0 Å². The number of benzene rings is 3. The third kappa shape index (κ3) is 5.59. The molecule has 3 rings (SSSR count). The maximum atomic E-state index is 12.2. The number of nitrogens with one attached hydrogen (secondary N) is 2.